The summed E-state index contributed by atoms with van der Waals surface area (Å²) in [7, 11) is 0. The molecule has 1 unspecified atom stereocenters. The summed E-state index contributed by atoms with van der Waals surface area (Å²) in [5.41, 5.74) is 9.61. The highest BCUT2D eigenvalue weighted by Gasteiger charge is 2.22. The van der Waals surface area contributed by atoms with Gasteiger partial charge in [-0.05, 0) is 25.5 Å². The molecule has 0 bridgehead atoms. The Bertz CT molecular complexity index is 589. The van der Waals surface area contributed by atoms with E-state index in [0.29, 0.717) is 0 Å². The summed E-state index contributed by atoms with van der Waals surface area (Å²) in [5.74, 6) is 1.07. The first-order valence-corrected chi connectivity index (χ1v) is 7.02. The predicted octanol–water partition coefficient (Wildman–Crippen LogP) is 2.89. The van der Waals surface area contributed by atoms with Crippen molar-refractivity contribution in [3.63, 3.8) is 0 Å². The Labute approximate surface area is 115 Å². The van der Waals surface area contributed by atoms with Crippen LogP contribution in [0.3, 0.4) is 0 Å². The van der Waals surface area contributed by atoms with Gasteiger partial charge in [0.2, 0.25) is 0 Å². The zero-order chi connectivity index (χ0) is 12.7. The fourth-order valence-electron chi connectivity index (χ4n) is 2.60. The zero-order valence-corrected chi connectivity index (χ0v) is 11.9. The summed E-state index contributed by atoms with van der Waals surface area (Å²) in [6, 6.07) is 8.58. The molecule has 3 nitrogen and oxygen atoms in total. The summed E-state index contributed by atoms with van der Waals surface area (Å²) < 4.78 is 3.41. The largest absolute Gasteiger partial charge is 0.328 e. The highest BCUT2D eigenvalue weighted by atomic mass is 79.9. The van der Waals surface area contributed by atoms with E-state index in [9.17, 15) is 0 Å². The van der Waals surface area contributed by atoms with Gasteiger partial charge in [-0.2, -0.15) is 0 Å². The van der Waals surface area contributed by atoms with Gasteiger partial charge in [-0.1, -0.05) is 28.1 Å². The third-order valence-electron chi connectivity index (χ3n) is 3.53. The molecule has 0 amide bonds. The number of benzene rings is 1. The summed E-state index contributed by atoms with van der Waals surface area (Å²) in [4.78, 5) is 4.72. The molecule has 0 radical (unpaired) electrons. The first-order valence-electron chi connectivity index (χ1n) is 6.22. The van der Waals surface area contributed by atoms with E-state index >= 15 is 0 Å². The maximum Gasteiger partial charge on any atom is 0.140 e. The standard InChI is InChI=1S/C14H16BrN3/c1-9-13-8-12(16)5-6-18(13)14(17-9)10-3-2-4-11(15)7-10/h2-4,7,12H,5-6,8,16H2,1H3. The molecule has 0 saturated heterocycles. The van der Waals surface area contributed by atoms with Gasteiger partial charge in [-0.15, -0.1) is 0 Å². The fourth-order valence-corrected chi connectivity index (χ4v) is 3.00. The zero-order valence-electron chi connectivity index (χ0n) is 10.4. The maximum atomic E-state index is 6.04. The van der Waals surface area contributed by atoms with E-state index in [0.717, 1.165) is 40.9 Å². The van der Waals surface area contributed by atoms with Crippen LogP contribution >= 0.6 is 15.9 Å². The molecule has 18 heavy (non-hydrogen) atoms. The average Bonchev–Trinajstić information content (AvgIpc) is 2.67. The first kappa shape index (κ1) is 11.9. The summed E-state index contributed by atoms with van der Waals surface area (Å²) >= 11 is 3.51. The van der Waals surface area contributed by atoms with Crippen molar-refractivity contribution in [2.24, 2.45) is 5.73 Å². The lowest BCUT2D eigenvalue weighted by atomic mass is 10.0. The lowest BCUT2D eigenvalue weighted by Gasteiger charge is -2.22. The minimum absolute atomic E-state index is 0.281. The smallest absolute Gasteiger partial charge is 0.140 e. The molecule has 0 aliphatic carbocycles. The number of hydrogen-bond donors (Lipinski definition) is 1. The van der Waals surface area contributed by atoms with Crippen LogP contribution in [0, 0.1) is 6.92 Å². The van der Waals surface area contributed by atoms with E-state index < -0.39 is 0 Å². The molecule has 2 aromatic rings. The van der Waals surface area contributed by atoms with Crippen molar-refractivity contribution in [1.29, 1.82) is 0 Å². The van der Waals surface area contributed by atoms with E-state index in [-0.39, 0.29) is 6.04 Å². The van der Waals surface area contributed by atoms with Crippen LogP contribution in [-0.4, -0.2) is 15.6 Å². The van der Waals surface area contributed by atoms with Crippen molar-refractivity contribution in [2.45, 2.75) is 32.4 Å². The summed E-state index contributed by atoms with van der Waals surface area (Å²) in [6.07, 6.45) is 1.97. The molecule has 1 aromatic carbocycles. The van der Waals surface area contributed by atoms with Crippen LogP contribution in [-0.2, 0) is 13.0 Å². The van der Waals surface area contributed by atoms with Crippen molar-refractivity contribution in [1.82, 2.24) is 9.55 Å². The van der Waals surface area contributed by atoms with Gasteiger partial charge in [0, 0.05) is 34.7 Å². The van der Waals surface area contributed by atoms with Crippen molar-refractivity contribution in [3.05, 3.63) is 40.1 Å². The Kier molecular flexibility index (Phi) is 2.99. The van der Waals surface area contributed by atoms with Gasteiger partial charge in [0.1, 0.15) is 5.82 Å². The highest BCUT2D eigenvalue weighted by Crippen LogP contribution is 2.28. The van der Waals surface area contributed by atoms with E-state index in [2.05, 4.69) is 39.6 Å². The minimum atomic E-state index is 0.281. The molecule has 1 aromatic heterocycles. The van der Waals surface area contributed by atoms with Crippen LogP contribution in [0.5, 0.6) is 0 Å². The van der Waals surface area contributed by atoms with Crippen LogP contribution in [0.2, 0.25) is 0 Å². The minimum Gasteiger partial charge on any atom is -0.328 e. The molecule has 3 rings (SSSR count). The molecule has 1 atom stereocenters. The number of nitrogens with two attached hydrogens (primary N) is 1. The summed E-state index contributed by atoms with van der Waals surface area (Å²) in [5, 5.41) is 0. The molecule has 0 saturated carbocycles. The Morgan fingerprint density at radius 3 is 3.06 bits per heavy atom. The number of imidazole rings is 1. The third-order valence-corrected chi connectivity index (χ3v) is 4.03. The van der Waals surface area contributed by atoms with Crippen molar-refractivity contribution >= 4 is 15.9 Å². The second kappa shape index (κ2) is 4.52. The Hall–Kier alpha value is -1.13. The monoisotopic (exact) mass is 305 g/mol. The Morgan fingerprint density at radius 2 is 2.28 bits per heavy atom. The van der Waals surface area contributed by atoms with E-state index in [1.807, 2.05) is 12.1 Å². The Morgan fingerprint density at radius 1 is 1.44 bits per heavy atom. The number of aromatic nitrogens is 2. The van der Waals surface area contributed by atoms with Crippen molar-refractivity contribution in [2.75, 3.05) is 0 Å². The van der Waals surface area contributed by atoms with Crippen molar-refractivity contribution in [3.8, 4) is 11.4 Å². The molecule has 1 aliphatic rings. The van der Waals surface area contributed by atoms with E-state index in [1.54, 1.807) is 0 Å². The van der Waals surface area contributed by atoms with Gasteiger partial charge in [-0.25, -0.2) is 4.98 Å². The normalized spacial score (nSPS) is 18.7. The van der Waals surface area contributed by atoms with Crippen LogP contribution in [0.25, 0.3) is 11.4 Å². The first-order chi connectivity index (χ1) is 8.65. The molecular formula is C14H16BrN3. The SMILES string of the molecule is Cc1nc(-c2cccc(Br)c2)n2c1CC(N)CC2. The lowest BCUT2D eigenvalue weighted by Crippen LogP contribution is -2.31. The lowest BCUT2D eigenvalue weighted by molar-refractivity contribution is 0.473. The molecule has 1 aliphatic heterocycles. The maximum absolute atomic E-state index is 6.04. The fraction of sp³-hybridized carbons (Fsp3) is 0.357. The second-order valence-corrected chi connectivity index (χ2v) is 5.80. The number of nitrogens with zero attached hydrogens (tertiary/aromatic N) is 2. The molecule has 2 N–H and O–H groups in total. The van der Waals surface area contributed by atoms with Gasteiger partial charge >= 0.3 is 0 Å². The van der Waals surface area contributed by atoms with Crippen LogP contribution in [0.4, 0.5) is 0 Å². The van der Waals surface area contributed by atoms with Crippen LogP contribution in [0.15, 0.2) is 28.7 Å². The highest BCUT2D eigenvalue weighted by molar-refractivity contribution is 9.10. The quantitative estimate of drug-likeness (QED) is 0.880. The van der Waals surface area contributed by atoms with Crippen molar-refractivity contribution < 1.29 is 0 Å². The number of aryl methyl sites for hydroxylation is 1. The number of hydrogen-bond acceptors (Lipinski definition) is 2. The van der Waals surface area contributed by atoms with Gasteiger partial charge in [0.25, 0.3) is 0 Å². The molecule has 2 heterocycles. The number of fused-ring (bicyclic) bond motifs is 1. The predicted molar refractivity (Wildman–Crippen MR) is 76.4 cm³/mol. The van der Waals surface area contributed by atoms with E-state index in [1.165, 1.54) is 5.69 Å². The third kappa shape index (κ3) is 1.99. The van der Waals surface area contributed by atoms with Crippen LogP contribution < -0.4 is 5.73 Å². The van der Waals surface area contributed by atoms with Crippen LogP contribution in [0.1, 0.15) is 17.8 Å². The Balaban J connectivity index is 2.11. The number of halogens is 1. The molecule has 0 spiro atoms. The van der Waals surface area contributed by atoms with E-state index in [4.69, 9.17) is 10.7 Å². The molecule has 4 heteroatoms. The molecule has 94 valence electrons. The molecular weight excluding hydrogens is 290 g/mol. The second-order valence-electron chi connectivity index (χ2n) is 4.88. The van der Waals surface area contributed by atoms with Gasteiger partial charge in [0.05, 0.1) is 5.69 Å². The molecule has 0 fully saturated rings. The van der Waals surface area contributed by atoms with Gasteiger partial charge in [0.15, 0.2) is 0 Å². The van der Waals surface area contributed by atoms with Gasteiger partial charge < -0.3 is 10.3 Å². The average molecular weight is 306 g/mol. The summed E-state index contributed by atoms with van der Waals surface area (Å²) in [6.45, 7) is 3.05. The van der Waals surface area contributed by atoms with Gasteiger partial charge in [-0.3, -0.25) is 0 Å². The topological polar surface area (TPSA) is 43.8 Å². The number of rotatable bonds is 1.